The van der Waals surface area contributed by atoms with E-state index in [1.165, 1.54) is 11.8 Å². The number of aliphatic hydroxyl groups is 1. The largest absolute Gasteiger partial charge is 0.394 e. The van der Waals surface area contributed by atoms with Gasteiger partial charge in [0.05, 0.1) is 6.61 Å². The molecule has 4 nitrogen and oxygen atoms in total. The summed E-state index contributed by atoms with van der Waals surface area (Å²) in [5, 5.41) is 13.1. The Morgan fingerprint density at radius 1 is 1.40 bits per heavy atom. The topological polar surface area (TPSA) is 58.0 Å². The van der Waals surface area contributed by atoms with Gasteiger partial charge in [0, 0.05) is 30.0 Å². The molecule has 2 N–H and O–H groups in total. The number of aromatic nitrogens is 2. The number of hydrogen-bond acceptors (Lipinski definition) is 5. The Balaban J connectivity index is 2.51. The van der Waals surface area contributed by atoms with Crippen LogP contribution in [0.4, 0.5) is 0 Å². The van der Waals surface area contributed by atoms with Crippen LogP contribution in [0.1, 0.15) is 19.4 Å². The third kappa shape index (κ3) is 4.15. The standard InChI is InChI=1S/C10H17N3OS/c1-10(2,7-14)13-6-8-4-11-9(15-3)12-5-8/h4-5,13-14H,6-7H2,1-3H3. The van der Waals surface area contributed by atoms with Gasteiger partial charge in [0.15, 0.2) is 5.16 Å². The Bertz CT molecular complexity index is 300. The molecule has 1 aromatic rings. The Hall–Kier alpha value is -0.650. The first-order valence-corrected chi connectivity index (χ1v) is 6.00. The molecule has 0 aromatic carbocycles. The van der Waals surface area contributed by atoms with Crippen molar-refractivity contribution in [3.05, 3.63) is 18.0 Å². The van der Waals surface area contributed by atoms with Crippen LogP contribution in [0.25, 0.3) is 0 Å². The molecule has 1 aromatic heterocycles. The molecule has 0 amide bonds. The van der Waals surface area contributed by atoms with Crippen molar-refractivity contribution in [1.29, 1.82) is 0 Å². The quantitative estimate of drug-likeness (QED) is 0.582. The minimum atomic E-state index is -0.266. The molecule has 0 radical (unpaired) electrons. The van der Waals surface area contributed by atoms with Crippen LogP contribution in [0.3, 0.4) is 0 Å². The summed E-state index contributed by atoms with van der Waals surface area (Å²) in [5.41, 5.74) is 0.757. The van der Waals surface area contributed by atoms with Crippen molar-refractivity contribution in [3.8, 4) is 0 Å². The monoisotopic (exact) mass is 227 g/mol. The number of nitrogens with one attached hydrogen (secondary N) is 1. The van der Waals surface area contributed by atoms with Crippen molar-refractivity contribution in [2.45, 2.75) is 31.1 Å². The summed E-state index contributed by atoms with van der Waals surface area (Å²) in [7, 11) is 0. The fourth-order valence-electron chi connectivity index (χ4n) is 0.937. The zero-order valence-electron chi connectivity index (χ0n) is 9.32. The molecule has 0 saturated heterocycles. The van der Waals surface area contributed by atoms with E-state index in [0.29, 0.717) is 6.54 Å². The van der Waals surface area contributed by atoms with Gasteiger partial charge in [0.25, 0.3) is 0 Å². The minimum Gasteiger partial charge on any atom is -0.394 e. The van der Waals surface area contributed by atoms with E-state index in [0.717, 1.165) is 10.7 Å². The molecule has 0 aliphatic heterocycles. The highest BCUT2D eigenvalue weighted by molar-refractivity contribution is 7.98. The van der Waals surface area contributed by atoms with Crippen LogP contribution in [0.15, 0.2) is 17.6 Å². The molecule has 0 aliphatic rings. The molecule has 0 spiro atoms. The number of hydrogen-bond donors (Lipinski definition) is 2. The Morgan fingerprint density at radius 3 is 2.47 bits per heavy atom. The molecule has 1 heterocycles. The second-order valence-electron chi connectivity index (χ2n) is 3.97. The molecule has 0 aliphatic carbocycles. The molecular weight excluding hydrogens is 210 g/mol. The van der Waals surface area contributed by atoms with E-state index in [4.69, 9.17) is 5.11 Å². The van der Waals surface area contributed by atoms with E-state index in [9.17, 15) is 0 Å². The molecule has 0 atom stereocenters. The number of aliphatic hydroxyl groups excluding tert-OH is 1. The number of nitrogens with zero attached hydrogens (tertiary/aromatic N) is 2. The third-order valence-corrected chi connectivity index (χ3v) is 2.61. The van der Waals surface area contributed by atoms with Gasteiger partial charge in [-0.2, -0.15) is 0 Å². The molecule has 5 heteroatoms. The second kappa shape index (κ2) is 5.44. The van der Waals surface area contributed by atoms with Crippen molar-refractivity contribution in [1.82, 2.24) is 15.3 Å². The lowest BCUT2D eigenvalue weighted by molar-refractivity contribution is 0.187. The van der Waals surface area contributed by atoms with Gasteiger partial charge >= 0.3 is 0 Å². The van der Waals surface area contributed by atoms with Gasteiger partial charge in [-0.3, -0.25) is 0 Å². The summed E-state index contributed by atoms with van der Waals surface area (Å²) in [6, 6.07) is 0. The van der Waals surface area contributed by atoms with E-state index in [2.05, 4.69) is 15.3 Å². The first-order valence-electron chi connectivity index (χ1n) is 4.78. The number of rotatable bonds is 5. The maximum absolute atomic E-state index is 9.06. The van der Waals surface area contributed by atoms with Crippen molar-refractivity contribution in [3.63, 3.8) is 0 Å². The fourth-order valence-corrected chi connectivity index (χ4v) is 1.25. The summed E-state index contributed by atoms with van der Waals surface area (Å²) >= 11 is 1.52. The molecule has 0 unspecified atom stereocenters. The van der Waals surface area contributed by atoms with E-state index in [1.54, 1.807) is 12.4 Å². The first-order chi connectivity index (χ1) is 7.07. The average Bonchev–Trinajstić information content (AvgIpc) is 2.27. The van der Waals surface area contributed by atoms with E-state index >= 15 is 0 Å². The summed E-state index contributed by atoms with van der Waals surface area (Å²) in [4.78, 5) is 8.35. The Labute approximate surface area is 94.5 Å². The molecular formula is C10H17N3OS. The maximum atomic E-state index is 9.06. The molecule has 0 bridgehead atoms. The zero-order valence-corrected chi connectivity index (χ0v) is 10.1. The zero-order chi connectivity index (χ0) is 11.3. The summed E-state index contributed by atoms with van der Waals surface area (Å²) in [6.45, 7) is 4.67. The van der Waals surface area contributed by atoms with Crippen LogP contribution in [-0.4, -0.2) is 33.5 Å². The lowest BCUT2D eigenvalue weighted by Gasteiger charge is -2.23. The van der Waals surface area contributed by atoms with Crippen LogP contribution in [0, 0.1) is 0 Å². The second-order valence-corrected chi connectivity index (χ2v) is 4.75. The van der Waals surface area contributed by atoms with Gasteiger partial charge in [-0.05, 0) is 20.1 Å². The minimum absolute atomic E-state index is 0.108. The van der Waals surface area contributed by atoms with Crippen molar-refractivity contribution in [2.75, 3.05) is 12.9 Å². The lowest BCUT2D eigenvalue weighted by atomic mass is 10.1. The van der Waals surface area contributed by atoms with Crippen LogP contribution in [0.2, 0.25) is 0 Å². The summed E-state index contributed by atoms with van der Waals surface area (Å²) in [6.07, 6.45) is 5.56. The SMILES string of the molecule is CSc1ncc(CNC(C)(C)CO)cn1. The molecule has 1 rings (SSSR count). The van der Waals surface area contributed by atoms with Gasteiger partial charge in [-0.15, -0.1) is 0 Å². The van der Waals surface area contributed by atoms with Crippen LogP contribution in [0.5, 0.6) is 0 Å². The van der Waals surface area contributed by atoms with E-state index in [1.807, 2.05) is 20.1 Å². The lowest BCUT2D eigenvalue weighted by Crippen LogP contribution is -2.42. The van der Waals surface area contributed by atoms with Crippen molar-refractivity contribution < 1.29 is 5.11 Å². The molecule has 0 saturated carbocycles. The summed E-state index contributed by atoms with van der Waals surface area (Å²) in [5.74, 6) is 0. The smallest absolute Gasteiger partial charge is 0.187 e. The van der Waals surface area contributed by atoms with Crippen LogP contribution in [-0.2, 0) is 6.54 Å². The highest BCUT2D eigenvalue weighted by Gasteiger charge is 2.14. The summed E-state index contributed by atoms with van der Waals surface area (Å²) < 4.78 is 0. The van der Waals surface area contributed by atoms with Gasteiger partial charge < -0.3 is 10.4 Å². The van der Waals surface area contributed by atoms with Crippen LogP contribution < -0.4 is 5.32 Å². The fraction of sp³-hybridized carbons (Fsp3) is 0.600. The van der Waals surface area contributed by atoms with Gasteiger partial charge in [0.2, 0.25) is 0 Å². The Morgan fingerprint density at radius 2 is 2.00 bits per heavy atom. The third-order valence-electron chi connectivity index (χ3n) is 2.03. The highest BCUT2D eigenvalue weighted by atomic mass is 32.2. The highest BCUT2D eigenvalue weighted by Crippen LogP contribution is 2.08. The predicted molar refractivity (Wildman–Crippen MR) is 61.8 cm³/mol. The first kappa shape index (κ1) is 12.4. The normalized spacial score (nSPS) is 11.7. The van der Waals surface area contributed by atoms with Gasteiger partial charge in [-0.1, -0.05) is 11.8 Å². The molecule has 0 fully saturated rings. The van der Waals surface area contributed by atoms with Crippen molar-refractivity contribution in [2.24, 2.45) is 0 Å². The Kier molecular flexibility index (Phi) is 4.50. The maximum Gasteiger partial charge on any atom is 0.187 e. The number of thioether (sulfide) groups is 1. The molecule has 84 valence electrons. The van der Waals surface area contributed by atoms with Crippen molar-refractivity contribution >= 4 is 11.8 Å². The van der Waals surface area contributed by atoms with E-state index in [-0.39, 0.29) is 12.1 Å². The molecule has 15 heavy (non-hydrogen) atoms. The average molecular weight is 227 g/mol. The van der Waals surface area contributed by atoms with Gasteiger partial charge in [-0.25, -0.2) is 9.97 Å². The van der Waals surface area contributed by atoms with E-state index < -0.39 is 0 Å². The van der Waals surface area contributed by atoms with Crippen LogP contribution >= 0.6 is 11.8 Å². The predicted octanol–water partition coefficient (Wildman–Crippen LogP) is 1.06. The van der Waals surface area contributed by atoms with Gasteiger partial charge in [0.1, 0.15) is 0 Å².